The van der Waals surface area contributed by atoms with E-state index in [2.05, 4.69) is 0 Å². The molecule has 3 aliphatic heterocycles. The van der Waals surface area contributed by atoms with Gasteiger partial charge in [-0.1, -0.05) is 12.1 Å². The van der Waals surface area contributed by atoms with Crippen LogP contribution in [-0.2, 0) is 19.9 Å². The topological polar surface area (TPSA) is 59.1 Å². The summed E-state index contributed by atoms with van der Waals surface area (Å²) in [6.07, 6.45) is -1.57. The van der Waals surface area contributed by atoms with Crippen molar-refractivity contribution in [3.05, 3.63) is 44.8 Å². The first-order valence-corrected chi connectivity index (χ1v) is 10.2. The Labute approximate surface area is 185 Å². The van der Waals surface area contributed by atoms with E-state index in [4.69, 9.17) is 17.7 Å². The first kappa shape index (κ1) is 13.5. The molecule has 5 heterocycles. The third kappa shape index (κ3) is 2.84. The third-order valence-corrected chi connectivity index (χ3v) is 7.66. The van der Waals surface area contributed by atoms with E-state index in [1.165, 1.54) is 22.7 Å². The predicted octanol–water partition coefficient (Wildman–Crippen LogP) is -0.650. The van der Waals surface area contributed by atoms with Gasteiger partial charge in [0.15, 0.2) is 0 Å². The molecule has 2 aromatic heterocycles. The summed E-state index contributed by atoms with van der Waals surface area (Å²) in [5, 5.41) is 14.9. The van der Waals surface area contributed by atoms with Gasteiger partial charge < -0.3 is 36.0 Å². The zero-order valence-corrected chi connectivity index (χ0v) is 17.3. The monoisotopic (exact) mass is 477 g/mol. The number of fused-ring (bicyclic) bond motifs is 5. The van der Waals surface area contributed by atoms with E-state index in [9.17, 15) is 9.90 Å². The van der Waals surface area contributed by atoms with Crippen molar-refractivity contribution in [1.82, 2.24) is 0 Å². The number of hydrogen-bond donors (Lipinski definition) is 1. The number of hydrogen-bond acceptors (Lipinski definition) is 6. The number of likely N-dealkylation sites (N-methyl/N-ethyl adjacent to an activating group) is 1. The summed E-state index contributed by atoms with van der Waals surface area (Å²) in [6.45, 7) is -5.53. The lowest BCUT2D eigenvalue weighted by Crippen LogP contribution is -3.00. The average molecular weight is 478 g/mol. The lowest BCUT2D eigenvalue weighted by atomic mass is 9.95. The number of rotatable bonds is 4. The molecular weight excluding hydrogens is 450 g/mol. The minimum atomic E-state index is -2.76. The van der Waals surface area contributed by atoms with Gasteiger partial charge in [-0.15, -0.1) is 22.7 Å². The number of carbonyl (C=O) groups is 1. The van der Waals surface area contributed by atoms with Crippen LogP contribution in [0.2, 0.25) is 0 Å². The Balaban J connectivity index is 0.00000259. The molecule has 0 spiro atoms. The van der Waals surface area contributed by atoms with Crippen molar-refractivity contribution in [2.24, 2.45) is 0 Å². The molecule has 0 saturated carbocycles. The summed E-state index contributed by atoms with van der Waals surface area (Å²) < 4.78 is 58.8. The maximum absolute atomic E-state index is 13.3. The van der Waals surface area contributed by atoms with Crippen LogP contribution in [0.25, 0.3) is 0 Å². The van der Waals surface area contributed by atoms with Crippen molar-refractivity contribution in [3.8, 4) is 0 Å². The fourth-order valence-corrected chi connectivity index (χ4v) is 6.04. The number of esters is 1. The van der Waals surface area contributed by atoms with Crippen LogP contribution >= 0.6 is 22.7 Å². The maximum atomic E-state index is 13.3. The molecule has 3 saturated heterocycles. The van der Waals surface area contributed by atoms with Gasteiger partial charge in [0.25, 0.3) is 0 Å². The van der Waals surface area contributed by atoms with Gasteiger partial charge >= 0.3 is 5.97 Å². The molecule has 27 heavy (non-hydrogen) atoms. The highest BCUT2D eigenvalue weighted by Gasteiger charge is 2.71. The number of epoxide rings is 1. The highest BCUT2D eigenvalue weighted by molar-refractivity contribution is 7.12. The van der Waals surface area contributed by atoms with Crippen molar-refractivity contribution >= 4 is 28.6 Å². The molecule has 1 unspecified atom stereocenters. The molecule has 3 fully saturated rings. The average Bonchev–Trinajstić information content (AvgIpc) is 3.07. The van der Waals surface area contributed by atoms with E-state index in [1.54, 1.807) is 35.0 Å². The standard InChI is InChI=1S/C19H22NO4S2.BrH/c1-20(2)12-9-11(10-13(20)17-16(12)24-17)23-18(21)19(22,14-5-3-7-25-14)15-6-4-8-26-15;/h3-8,11-13,16-17,22H,9-10H2,1-2H3;1H/q+1;/p-1/t11?,12-,13+,16-,17+;/i1D3,2D3;. The smallest absolute Gasteiger partial charge is 0.349 e. The van der Waals surface area contributed by atoms with Crippen LogP contribution in [0.4, 0.5) is 0 Å². The second-order valence-corrected chi connectivity index (χ2v) is 9.04. The summed E-state index contributed by atoms with van der Waals surface area (Å²) in [4.78, 5) is 14.1. The van der Waals surface area contributed by atoms with Gasteiger partial charge in [0, 0.05) is 12.8 Å². The maximum Gasteiger partial charge on any atom is 0.349 e. The molecule has 8 heteroatoms. The van der Waals surface area contributed by atoms with Gasteiger partial charge in [0.1, 0.15) is 30.4 Å². The molecule has 0 aromatic carbocycles. The molecular formula is C19H22BrNO4S2. The second-order valence-electron chi connectivity index (χ2n) is 7.14. The van der Waals surface area contributed by atoms with Crippen molar-refractivity contribution in [3.63, 3.8) is 0 Å². The van der Waals surface area contributed by atoms with Crippen molar-refractivity contribution in [2.45, 2.75) is 48.8 Å². The molecule has 0 amide bonds. The van der Waals surface area contributed by atoms with Crippen LogP contribution in [0.5, 0.6) is 0 Å². The molecule has 5 atom stereocenters. The molecule has 146 valence electrons. The first-order valence-electron chi connectivity index (χ1n) is 11.5. The molecule has 0 radical (unpaired) electrons. The highest BCUT2D eigenvalue weighted by atomic mass is 79.9. The number of nitrogens with zero attached hydrogens (tertiary/aromatic N) is 1. The number of piperidine rings is 1. The van der Waals surface area contributed by atoms with Crippen molar-refractivity contribution in [2.75, 3.05) is 14.0 Å². The number of ether oxygens (including phenoxy) is 2. The normalized spacial score (nSPS) is 37.3. The van der Waals surface area contributed by atoms with Gasteiger partial charge in [0.2, 0.25) is 5.60 Å². The van der Waals surface area contributed by atoms with Crippen LogP contribution in [0, 0.1) is 0 Å². The molecule has 5 nitrogen and oxygen atoms in total. The fraction of sp³-hybridized carbons (Fsp3) is 0.526. The molecule has 2 aromatic rings. The molecule has 1 N–H and O–H groups in total. The Morgan fingerprint density at radius 1 is 1.22 bits per heavy atom. The van der Waals surface area contributed by atoms with E-state index in [0.29, 0.717) is 9.75 Å². The summed E-state index contributed by atoms with van der Waals surface area (Å²) in [6, 6.07) is 5.10. The fourth-order valence-electron chi connectivity index (χ4n) is 4.32. The lowest BCUT2D eigenvalue weighted by Gasteiger charge is -2.45. The Morgan fingerprint density at radius 3 is 2.22 bits per heavy atom. The number of quaternary nitrogens is 1. The van der Waals surface area contributed by atoms with Crippen LogP contribution in [0.1, 0.15) is 30.8 Å². The quantitative estimate of drug-likeness (QED) is 0.361. The van der Waals surface area contributed by atoms with Crippen molar-refractivity contribution < 1.29 is 49.1 Å². The lowest BCUT2D eigenvalue weighted by molar-refractivity contribution is -0.938. The Kier molecular flexibility index (Phi) is 3.31. The minimum Gasteiger partial charge on any atom is -1.00 e. The molecule has 3 aliphatic rings. The van der Waals surface area contributed by atoms with E-state index in [0.717, 1.165) is 0 Å². The SMILES string of the molecule is [2H]C([2H])([2H])[N+]1(C([2H])([2H])[2H])[C@@H]2CC(OC(=O)C(O)(c3cccs3)c3cccs3)C[C@H]1[C@@H]1O[C@@H]12.[Br-]. The Morgan fingerprint density at radius 2 is 1.78 bits per heavy atom. The Hall–Kier alpha value is -0.770. The number of thiophene rings is 2. The third-order valence-electron chi connectivity index (χ3n) is 5.70. The number of aliphatic hydroxyl groups is 1. The van der Waals surface area contributed by atoms with Crippen LogP contribution in [0.15, 0.2) is 35.0 Å². The summed E-state index contributed by atoms with van der Waals surface area (Å²) in [7, 11) is 0. The summed E-state index contributed by atoms with van der Waals surface area (Å²) in [5.41, 5.74) is -1.97. The molecule has 2 bridgehead atoms. The predicted molar refractivity (Wildman–Crippen MR) is 99.1 cm³/mol. The van der Waals surface area contributed by atoms with Gasteiger partial charge in [-0.25, -0.2) is 4.79 Å². The summed E-state index contributed by atoms with van der Waals surface area (Å²) in [5.74, 6) is -0.843. The zero-order chi connectivity index (χ0) is 23.1. The van der Waals surface area contributed by atoms with E-state index in [1.807, 2.05) is 0 Å². The van der Waals surface area contributed by atoms with Crippen LogP contribution in [-0.4, -0.2) is 59.9 Å². The minimum absolute atomic E-state index is 0. The van der Waals surface area contributed by atoms with E-state index >= 15 is 0 Å². The zero-order valence-electron chi connectivity index (χ0n) is 20.1. The largest absolute Gasteiger partial charge is 1.00 e. The molecule has 0 aliphatic carbocycles. The van der Waals surface area contributed by atoms with Crippen molar-refractivity contribution in [1.29, 1.82) is 0 Å². The first-order chi connectivity index (χ1) is 14.9. The van der Waals surface area contributed by atoms with E-state index in [-0.39, 0.29) is 29.8 Å². The van der Waals surface area contributed by atoms with Gasteiger partial charge in [-0.05, 0) is 22.9 Å². The van der Waals surface area contributed by atoms with Gasteiger partial charge in [-0.3, -0.25) is 0 Å². The van der Waals surface area contributed by atoms with Crippen LogP contribution in [0.3, 0.4) is 0 Å². The van der Waals surface area contributed by atoms with Gasteiger partial charge in [-0.2, -0.15) is 0 Å². The van der Waals surface area contributed by atoms with Crippen LogP contribution < -0.4 is 17.0 Å². The number of morpholine rings is 1. The second kappa shape index (κ2) is 6.64. The number of halogens is 1. The number of carbonyl (C=O) groups excluding carboxylic acids is 1. The summed E-state index contributed by atoms with van der Waals surface area (Å²) >= 11 is 2.46. The Bertz CT molecular complexity index is 944. The molecule has 5 rings (SSSR count). The van der Waals surface area contributed by atoms with E-state index < -0.39 is 60.4 Å². The highest BCUT2D eigenvalue weighted by Crippen LogP contribution is 2.52. The van der Waals surface area contributed by atoms with Gasteiger partial charge in [0.05, 0.1) is 31.9 Å².